The van der Waals surface area contributed by atoms with Crippen LogP contribution in [0.25, 0.3) is 0 Å². The quantitative estimate of drug-likeness (QED) is 0.336. The normalized spacial score (nSPS) is 11.9. The topological polar surface area (TPSA) is 96.0 Å². The second-order valence-corrected chi connectivity index (χ2v) is 11.4. The molecule has 3 rings (SSSR count). The third-order valence-corrected chi connectivity index (χ3v) is 8.62. The minimum atomic E-state index is -4.19. The van der Waals surface area contributed by atoms with E-state index in [1.165, 1.54) is 24.1 Å². The van der Waals surface area contributed by atoms with E-state index in [4.69, 9.17) is 27.9 Å². The number of rotatable bonds is 11. The first-order chi connectivity index (χ1) is 18.5. The van der Waals surface area contributed by atoms with Gasteiger partial charge in [-0.05, 0) is 69.3 Å². The van der Waals surface area contributed by atoms with Gasteiger partial charge in [-0.25, -0.2) is 8.42 Å². The van der Waals surface area contributed by atoms with Crippen LogP contribution in [0.2, 0.25) is 10.0 Å². The van der Waals surface area contributed by atoms with Gasteiger partial charge in [-0.1, -0.05) is 47.0 Å². The van der Waals surface area contributed by atoms with Crippen molar-refractivity contribution >= 4 is 50.7 Å². The Hall–Kier alpha value is -3.27. The number of ether oxygens (including phenoxy) is 1. The highest BCUT2D eigenvalue weighted by Crippen LogP contribution is 2.29. The molecule has 2 amide bonds. The van der Waals surface area contributed by atoms with E-state index >= 15 is 0 Å². The van der Waals surface area contributed by atoms with Gasteiger partial charge in [0, 0.05) is 29.2 Å². The Morgan fingerprint density at radius 2 is 1.56 bits per heavy atom. The Morgan fingerprint density at radius 3 is 2.10 bits per heavy atom. The van der Waals surface area contributed by atoms with Crippen molar-refractivity contribution in [1.29, 1.82) is 0 Å². The van der Waals surface area contributed by atoms with Crippen LogP contribution in [0.1, 0.15) is 25.0 Å². The fraction of sp³-hybridized carbons (Fsp3) is 0.286. The predicted octanol–water partition coefficient (Wildman–Crippen LogP) is 5.06. The molecule has 0 unspecified atom stereocenters. The summed E-state index contributed by atoms with van der Waals surface area (Å²) in [6, 6.07) is 16.8. The molecule has 0 fully saturated rings. The van der Waals surface area contributed by atoms with Crippen molar-refractivity contribution in [3.8, 4) is 5.75 Å². The average molecular weight is 593 g/mol. The Bertz CT molecular complexity index is 1390. The maximum Gasteiger partial charge on any atom is 0.264 e. The summed E-state index contributed by atoms with van der Waals surface area (Å²) in [5.74, 6) is -0.517. The Labute approximate surface area is 239 Å². The number of carbonyl (C=O) groups excluding carboxylic acids is 2. The lowest BCUT2D eigenvalue weighted by Crippen LogP contribution is -2.50. The van der Waals surface area contributed by atoms with Gasteiger partial charge in [0.25, 0.3) is 10.0 Å². The second-order valence-electron chi connectivity index (χ2n) is 8.76. The van der Waals surface area contributed by atoms with Gasteiger partial charge in [0.15, 0.2) is 0 Å². The average Bonchev–Trinajstić information content (AvgIpc) is 2.91. The molecule has 0 spiro atoms. The fourth-order valence-corrected chi connectivity index (χ4v) is 5.82. The van der Waals surface area contributed by atoms with E-state index in [0.717, 1.165) is 9.87 Å². The van der Waals surface area contributed by atoms with E-state index in [2.05, 4.69) is 5.32 Å². The lowest BCUT2D eigenvalue weighted by molar-refractivity contribution is -0.139. The van der Waals surface area contributed by atoms with Crippen LogP contribution in [0.5, 0.6) is 5.75 Å². The first-order valence-electron chi connectivity index (χ1n) is 12.3. The number of carbonyl (C=O) groups is 2. The number of nitrogens with one attached hydrogen (secondary N) is 1. The second kappa shape index (κ2) is 13.2. The van der Waals surface area contributed by atoms with Gasteiger partial charge in [-0.2, -0.15) is 0 Å². The molecule has 0 bridgehead atoms. The molecular weight excluding hydrogens is 561 g/mol. The minimum Gasteiger partial charge on any atom is -0.494 e. The molecule has 1 N–H and O–H groups in total. The summed E-state index contributed by atoms with van der Waals surface area (Å²) >= 11 is 12.7. The fourth-order valence-electron chi connectivity index (χ4n) is 3.89. The van der Waals surface area contributed by atoms with E-state index in [-0.39, 0.29) is 11.4 Å². The highest BCUT2D eigenvalue weighted by molar-refractivity contribution is 7.92. The van der Waals surface area contributed by atoms with E-state index in [1.54, 1.807) is 61.5 Å². The maximum atomic E-state index is 13.9. The summed E-state index contributed by atoms with van der Waals surface area (Å²) in [7, 11) is -2.73. The zero-order valence-electron chi connectivity index (χ0n) is 22.1. The van der Waals surface area contributed by atoms with Gasteiger partial charge in [0.1, 0.15) is 18.3 Å². The molecule has 8 nitrogen and oxygen atoms in total. The first kappa shape index (κ1) is 30.3. The summed E-state index contributed by atoms with van der Waals surface area (Å²) in [6.07, 6.45) is 0. The van der Waals surface area contributed by atoms with E-state index in [9.17, 15) is 18.0 Å². The molecule has 0 saturated heterocycles. The number of nitrogens with zero attached hydrogens (tertiary/aromatic N) is 2. The first-order valence-corrected chi connectivity index (χ1v) is 14.4. The van der Waals surface area contributed by atoms with Crippen LogP contribution in [0, 0.1) is 6.92 Å². The third-order valence-electron chi connectivity index (χ3n) is 6.13. The zero-order chi connectivity index (χ0) is 28.7. The summed E-state index contributed by atoms with van der Waals surface area (Å²) in [5, 5.41) is 3.18. The number of likely N-dealkylation sites (N-methyl/N-ethyl adjacent to an activating group) is 1. The molecule has 0 aliphatic rings. The largest absolute Gasteiger partial charge is 0.494 e. The molecule has 208 valence electrons. The van der Waals surface area contributed by atoms with Crippen LogP contribution in [0.15, 0.2) is 71.6 Å². The van der Waals surface area contributed by atoms with Gasteiger partial charge in [0.2, 0.25) is 11.8 Å². The minimum absolute atomic E-state index is 0.0145. The molecule has 0 heterocycles. The van der Waals surface area contributed by atoms with Crippen LogP contribution < -0.4 is 14.4 Å². The number of benzene rings is 3. The van der Waals surface area contributed by atoms with Crippen molar-refractivity contribution in [3.05, 3.63) is 87.9 Å². The zero-order valence-corrected chi connectivity index (χ0v) is 24.5. The molecular formula is C28H31Cl2N3O5S. The summed E-state index contributed by atoms with van der Waals surface area (Å²) < 4.78 is 34.2. The van der Waals surface area contributed by atoms with Crippen molar-refractivity contribution in [3.63, 3.8) is 0 Å². The van der Waals surface area contributed by atoms with Crippen LogP contribution in [0.3, 0.4) is 0 Å². The molecule has 3 aromatic rings. The predicted molar refractivity (Wildman–Crippen MR) is 154 cm³/mol. The van der Waals surface area contributed by atoms with E-state index in [1.807, 2.05) is 13.8 Å². The molecule has 39 heavy (non-hydrogen) atoms. The van der Waals surface area contributed by atoms with Crippen LogP contribution in [-0.2, 0) is 26.2 Å². The van der Waals surface area contributed by atoms with Crippen molar-refractivity contribution in [2.45, 2.75) is 38.3 Å². The number of aryl methyl sites for hydroxylation is 1. The van der Waals surface area contributed by atoms with Gasteiger partial charge < -0.3 is 15.0 Å². The summed E-state index contributed by atoms with van der Waals surface area (Å²) in [6.45, 7) is 5.03. The number of anilines is 1. The highest BCUT2D eigenvalue weighted by Gasteiger charge is 2.33. The van der Waals surface area contributed by atoms with Gasteiger partial charge in [-0.3, -0.25) is 13.9 Å². The molecule has 0 aliphatic carbocycles. The monoisotopic (exact) mass is 591 g/mol. The van der Waals surface area contributed by atoms with E-state index < -0.39 is 34.4 Å². The molecule has 0 radical (unpaired) electrons. The van der Waals surface area contributed by atoms with Crippen molar-refractivity contribution in [2.24, 2.45) is 0 Å². The van der Waals surface area contributed by atoms with Crippen molar-refractivity contribution in [2.75, 3.05) is 24.5 Å². The van der Waals surface area contributed by atoms with Gasteiger partial charge in [0.05, 0.1) is 17.2 Å². The number of amides is 2. The van der Waals surface area contributed by atoms with Gasteiger partial charge >= 0.3 is 0 Å². The number of sulfonamides is 1. The Balaban J connectivity index is 2.05. The molecule has 0 aromatic heterocycles. The Morgan fingerprint density at radius 1 is 0.974 bits per heavy atom. The SMILES string of the molecule is CCOc1ccc(S(=O)(=O)N(CC(=O)N(Cc2c(Cl)cccc2Cl)[C@@H](C)C(=O)NC)c2ccc(C)cc2)cc1. The standard InChI is InChI=1S/C28H31Cl2N3O5S/c1-5-38-22-13-15-23(16-14-22)39(36,37)33(21-11-9-19(2)10-12-21)18-27(34)32(20(3)28(35)31-4)17-24-25(29)7-6-8-26(24)30/h6-16,20H,5,17-18H2,1-4H3,(H,31,35)/t20-/m0/s1. The summed E-state index contributed by atoms with van der Waals surface area (Å²) in [5.41, 5.74) is 1.67. The lowest BCUT2D eigenvalue weighted by Gasteiger charge is -2.32. The maximum absolute atomic E-state index is 13.9. The molecule has 0 saturated carbocycles. The molecule has 0 aliphatic heterocycles. The number of hydrogen-bond donors (Lipinski definition) is 1. The number of halogens is 2. The van der Waals surface area contributed by atoms with Crippen LogP contribution in [0.4, 0.5) is 5.69 Å². The van der Waals surface area contributed by atoms with Crippen molar-refractivity contribution in [1.82, 2.24) is 10.2 Å². The van der Waals surface area contributed by atoms with E-state index in [0.29, 0.717) is 33.7 Å². The van der Waals surface area contributed by atoms with Gasteiger partial charge in [-0.15, -0.1) is 0 Å². The Kier molecular flexibility index (Phi) is 10.2. The smallest absolute Gasteiger partial charge is 0.264 e. The highest BCUT2D eigenvalue weighted by atomic mass is 35.5. The lowest BCUT2D eigenvalue weighted by atomic mass is 10.1. The van der Waals surface area contributed by atoms with Crippen molar-refractivity contribution < 1.29 is 22.7 Å². The third kappa shape index (κ3) is 7.23. The molecule has 1 atom stereocenters. The molecule has 3 aromatic carbocycles. The molecule has 11 heteroatoms. The van der Waals surface area contributed by atoms with Crippen LogP contribution in [-0.4, -0.2) is 51.4 Å². The van der Waals surface area contributed by atoms with Crippen LogP contribution >= 0.6 is 23.2 Å². The summed E-state index contributed by atoms with van der Waals surface area (Å²) in [4.78, 5) is 27.7. The number of hydrogen-bond acceptors (Lipinski definition) is 5.